The van der Waals surface area contributed by atoms with Crippen LogP contribution in [0.4, 0.5) is 0 Å². The Bertz CT molecular complexity index is 341. The molecule has 11 heavy (non-hydrogen) atoms. The summed E-state index contributed by atoms with van der Waals surface area (Å²) in [6.45, 7) is 1.94. The zero-order valence-corrected chi connectivity index (χ0v) is 6.81. The number of hydrogen-bond acceptors (Lipinski definition) is 3. The summed E-state index contributed by atoms with van der Waals surface area (Å²) < 4.78 is 1.58. The van der Waals surface area contributed by atoms with Crippen molar-refractivity contribution in [2.45, 2.75) is 18.1 Å². The van der Waals surface area contributed by atoms with Gasteiger partial charge in [0.2, 0.25) is 5.88 Å². The topological polar surface area (TPSA) is 58.0 Å². The second-order valence-electron chi connectivity index (χ2n) is 2.51. The maximum absolute atomic E-state index is 11.1. The van der Waals surface area contributed by atoms with E-state index in [1.807, 2.05) is 6.92 Å². The van der Waals surface area contributed by atoms with Crippen molar-refractivity contribution < 1.29 is 5.11 Å². The van der Waals surface area contributed by atoms with Crippen molar-refractivity contribution in [2.24, 2.45) is 0 Å². The maximum atomic E-state index is 11.1. The van der Waals surface area contributed by atoms with Gasteiger partial charge < -0.3 is 5.11 Å². The molecule has 0 radical (unpaired) electrons. The molecule has 1 aromatic heterocycles. The lowest BCUT2D eigenvalue weighted by Crippen LogP contribution is -2.16. The first-order valence-corrected chi connectivity index (χ1v) is 4.39. The second kappa shape index (κ2) is 2.07. The van der Waals surface area contributed by atoms with Crippen LogP contribution in [0.3, 0.4) is 0 Å². The number of aromatic hydroxyl groups is 1. The third kappa shape index (κ3) is 0.805. The Morgan fingerprint density at radius 1 is 1.82 bits per heavy atom. The van der Waals surface area contributed by atoms with E-state index in [9.17, 15) is 9.90 Å². The summed E-state index contributed by atoms with van der Waals surface area (Å²) in [7, 11) is 0. The molecule has 1 aliphatic heterocycles. The normalized spacial score (nSPS) is 22.1. The van der Waals surface area contributed by atoms with Gasteiger partial charge >= 0.3 is 5.69 Å². The van der Waals surface area contributed by atoms with E-state index in [1.54, 1.807) is 16.3 Å². The van der Waals surface area contributed by atoms with Crippen LogP contribution in [0.25, 0.3) is 0 Å². The third-order valence-electron chi connectivity index (χ3n) is 1.83. The summed E-state index contributed by atoms with van der Waals surface area (Å²) in [4.78, 5) is 13.4. The molecule has 0 aromatic carbocycles. The van der Waals surface area contributed by atoms with E-state index >= 15 is 0 Å². The fraction of sp³-hybridized carbons (Fsp3) is 0.500. The number of hydrogen-bond donors (Lipinski definition) is 2. The van der Waals surface area contributed by atoms with Crippen LogP contribution in [-0.2, 0) is 5.75 Å². The SMILES string of the molecule is CC1SCc2c(O)[nH]c(=O)n21. The van der Waals surface area contributed by atoms with Crippen LogP contribution in [0.1, 0.15) is 18.0 Å². The molecule has 0 saturated heterocycles. The summed E-state index contributed by atoms with van der Waals surface area (Å²) in [5.74, 6) is 0.734. The number of rotatable bonds is 0. The van der Waals surface area contributed by atoms with Gasteiger partial charge in [-0.05, 0) is 6.92 Å². The fourth-order valence-corrected chi connectivity index (χ4v) is 2.31. The number of H-pyrrole nitrogens is 1. The molecule has 1 aliphatic rings. The zero-order chi connectivity index (χ0) is 8.01. The largest absolute Gasteiger partial charge is 0.493 e. The van der Waals surface area contributed by atoms with Crippen LogP contribution in [0, 0.1) is 0 Å². The number of thioether (sulfide) groups is 1. The van der Waals surface area contributed by atoms with Crippen molar-refractivity contribution in [3.05, 3.63) is 16.2 Å². The van der Waals surface area contributed by atoms with Crippen molar-refractivity contribution in [1.82, 2.24) is 9.55 Å². The van der Waals surface area contributed by atoms with E-state index in [-0.39, 0.29) is 16.9 Å². The molecule has 1 unspecified atom stereocenters. The van der Waals surface area contributed by atoms with Crippen molar-refractivity contribution in [2.75, 3.05) is 0 Å². The molecule has 0 bridgehead atoms. The number of nitrogens with one attached hydrogen (secondary N) is 1. The van der Waals surface area contributed by atoms with Gasteiger partial charge in [-0.1, -0.05) is 0 Å². The summed E-state index contributed by atoms with van der Waals surface area (Å²) in [6, 6.07) is 0. The van der Waals surface area contributed by atoms with Crippen molar-refractivity contribution in [3.63, 3.8) is 0 Å². The zero-order valence-electron chi connectivity index (χ0n) is 6.00. The van der Waals surface area contributed by atoms with E-state index in [1.165, 1.54) is 0 Å². The quantitative estimate of drug-likeness (QED) is 0.604. The van der Waals surface area contributed by atoms with Gasteiger partial charge in [-0.2, -0.15) is 0 Å². The maximum Gasteiger partial charge on any atom is 0.329 e. The Kier molecular flexibility index (Phi) is 1.29. The number of fused-ring (bicyclic) bond motifs is 1. The first-order valence-electron chi connectivity index (χ1n) is 3.34. The van der Waals surface area contributed by atoms with Gasteiger partial charge in [0.1, 0.15) is 0 Å². The van der Waals surface area contributed by atoms with E-state index in [2.05, 4.69) is 4.98 Å². The molecule has 4 nitrogen and oxygen atoms in total. The third-order valence-corrected chi connectivity index (χ3v) is 2.97. The molecular formula is C6H8N2O2S. The van der Waals surface area contributed by atoms with Gasteiger partial charge in [0.15, 0.2) is 0 Å². The lowest BCUT2D eigenvalue weighted by atomic mass is 10.5. The Labute approximate surface area is 67.2 Å². The standard InChI is InChI=1S/C6H8N2O2S/c1-3-8-4(2-11-3)5(9)7-6(8)10/h3,9H,2H2,1H3,(H,7,10). The highest BCUT2D eigenvalue weighted by Crippen LogP contribution is 2.36. The molecule has 0 aliphatic carbocycles. The van der Waals surface area contributed by atoms with Gasteiger partial charge in [0, 0.05) is 5.75 Å². The molecule has 1 aromatic rings. The van der Waals surface area contributed by atoms with E-state index in [4.69, 9.17) is 0 Å². The van der Waals surface area contributed by atoms with Gasteiger partial charge in [0.25, 0.3) is 0 Å². The minimum atomic E-state index is -0.213. The Balaban J connectivity index is 2.69. The molecule has 0 amide bonds. The van der Waals surface area contributed by atoms with Crippen LogP contribution >= 0.6 is 11.8 Å². The molecule has 2 heterocycles. The second-order valence-corrected chi connectivity index (χ2v) is 3.81. The van der Waals surface area contributed by atoms with Crippen LogP contribution < -0.4 is 5.69 Å². The highest BCUT2D eigenvalue weighted by molar-refractivity contribution is 7.98. The predicted molar refractivity (Wildman–Crippen MR) is 42.7 cm³/mol. The highest BCUT2D eigenvalue weighted by Gasteiger charge is 2.24. The molecule has 0 saturated carbocycles. The number of aromatic amines is 1. The smallest absolute Gasteiger partial charge is 0.329 e. The lowest BCUT2D eigenvalue weighted by Gasteiger charge is -2.00. The Morgan fingerprint density at radius 2 is 2.55 bits per heavy atom. The molecule has 2 N–H and O–H groups in total. The number of imidazole rings is 1. The van der Waals surface area contributed by atoms with Crippen LogP contribution in [0.2, 0.25) is 0 Å². The van der Waals surface area contributed by atoms with E-state index in [0.717, 1.165) is 0 Å². The molecular weight excluding hydrogens is 164 g/mol. The summed E-state index contributed by atoms with van der Waals surface area (Å²) in [5.41, 5.74) is 0.502. The minimum absolute atomic E-state index is 0.0202. The Morgan fingerprint density at radius 3 is 3.18 bits per heavy atom. The first kappa shape index (κ1) is 6.84. The molecule has 5 heteroatoms. The fourth-order valence-electron chi connectivity index (χ4n) is 1.27. The average Bonchev–Trinajstić information content (AvgIpc) is 2.41. The molecule has 0 spiro atoms. The first-order chi connectivity index (χ1) is 5.20. The average molecular weight is 172 g/mol. The van der Waals surface area contributed by atoms with Crippen molar-refractivity contribution in [1.29, 1.82) is 0 Å². The van der Waals surface area contributed by atoms with E-state index in [0.29, 0.717) is 11.4 Å². The molecule has 2 rings (SSSR count). The highest BCUT2D eigenvalue weighted by atomic mass is 32.2. The van der Waals surface area contributed by atoms with Crippen molar-refractivity contribution >= 4 is 11.8 Å². The summed E-state index contributed by atoms with van der Waals surface area (Å²) >= 11 is 1.64. The number of nitrogens with zero attached hydrogens (tertiary/aromatic N) is 1. The molecule has 0 fully saturated rings. The lowest BCUT2D eigenvalue weighted by molar-refractivity contribution is 0.450. The van der Waals surface area contributed by atoms with Crippen LogP contribution in [-0.4, -0.2) is 14.7 Å². The van der Waals surface area contributed by atoms with Gasteiger partial charge in [0.05, 0.1) is 11.1 Å². The predicted octanol–water partition coefficient (Wildman–Crippen LogP) is 0.647. The minimum Gasteiger partial charge on any atom is -0.493 e. The Hall–Kier alpha value is -0.840. The summed E-state index contributed by atoms with van der Waals surface area (Å²) in [5, 5.41) is 9.33. The monoisotopic (exact) mass is 172 g/mol. The summed E-state index contributed by atoms with van der Waals surface area (Å²) in [6.07, 6.45) is 0. The van der Waals surface area contributed by atoms with Crippen LogP contribution in [0.5, 0.6) is 5.88 Å². The van der Waals surface area contributed by atoms with Crippen LogP contribution in [0.15, 0.2) is 4.79 Å². The van der Waals surface area contributed by atoms with Crippen molar-refractivity contribution in [3.8, 4) is 5.88 Å². The molecule has 1 atom stereocenters. The number of aromatic nitrogens is 2. The van der Waals surface area contributed by atoms with Gasteiger partial charge in [-0.3, -0.25) is 9.55 Å². The van der Waals surface area contributed by atoms with Gasteiger partial charge in [-0.15, -0.1) is 11.8 Å². The molecule has 60 valence electrons. The van der Waals surface area contributed by atoms with Gasteiger partial charge in [-0.25, -0.2) is 4.79 Å². The van der Waals surface area contributed by atoms with E-state index < -0.39 is 0 Å².